The Morgan fingerprint density at radius 1 is 1.00 bits per heavy atom. The van der Waals surface area contributed by atoms with Gasteiger partial charge < -0.3 is 4.90 Å². The summed E-state index contributed by atoms with van der Waals surface area (Å²) in [5.41, 5.74) is 3.17. The molecule has 0 amide bonds. The number of nitrogens with zero attached hydrogens (tertiary/aromatic N) is 7. The van der Waals surface area contributed by atoms with Crippen LogP contribution >= 0.6 is 22.9 Å². The molecule has 1 aliphatic rings. The summed E-state index contributed by atoms with van der Waals surface area (Å²) in [7, 11) is 2.17. The summed E-state index contributed by atoms with van der Waals surface area (Å²) in [6, 6.07) is 10.1. The second-order valence-corrected chi connectivity index (χ2v) is 8.75. The van der Waals surface area contributed by atoms with E-state index in [0.29, 0.717) is 16.4 Å². The average molecular weight is 440 g/mol. The van der Waals surface area contributed by atoms with E-state index in [-0.39, 0.29) is 0 Å². The lowest BCUT2D eigenvalue weighted by atomic mass is 10.1. The zero-order valence-corrected chi connectivity index (χ0v) is 18.3. The van der Waals surface area contributed by atoms with E-state index in [2.05, 4.69) is 32.0 Å². The van der Waals surface area contributed by atoms with Crippen molar-refractivity contribution in [3.05, 3.63) is 46.9 Å². The third-order valence-corrected chi connectivity index (χ3v) is 6.65. The first-order valence-corrected chi connectivity index (χ1v) is 11.3. The van der Waals surface area contributed by atoms with Crippen LogP contribution in [0.3, 0.4) is 0 Å². The molecule has 3 aromatic heterocycles. The Morgan fingerprint density at radius 3 is 2.53 bits per heavy atom. The monoisotopic (exact) mass is 439 g/mol. The molecule has 4 aromatic rings. The molecule has 4 heterocycles. The highest BCUT2D eigenvalue weighted by Gasteiger charge is 2.22. The number of hydrogen-bond acceptors (Lipinski definition) is 7. The van der Waals surface area contributed by atoms with E-state index in [1.54, 1.807) is 6.20 Å². The Kier molecular flexibility index (Phi) is 5.47. The van der Waals surface area contributed by atoms with Gasteiger partial charge in [0.2, 0.25) is 0 Å². The number of fused-ring (bicyclic) bond motifs is 1. The molecule has 0 N–H and O–H groups in total. The van der Waals surface area contributed by atoms with Crippen LogP contribution < -0.4 is 0 Å². The molecule has 0 atom stereocenters. The third kappa shape index (κ3) is 3.72. The normalized spacial score (nSPS) is 15.8. The number of rotatable bonds is 5. The summed E-state index contributed by atoms with van der Waals surface area (Å²) in [5, 5.41) is 17.9. The molecule has 0 unspecified atom stereocenters. The van der Waals surface area contributed by atoms with Crippen LogP contribution in [-0.2, 0) is 6.54 Å². The molecule has 0 bridgehead atoms. The molecule has 1 aromatic carbocycles. The van der Waals surface area contributed by atoms with Crippen molar-refractivity contribution >= 4 is 34.0 Å². The van der Waals surface area contributed by atoms with Gasteiger partial charge in [0.1, 0.15) is 16.4 Å². The molecule has 30 heavy (non-hydrogen) atoms. The van der Waals surface area contributed by atoms with E-state index >= 15 is 0 Å². The van der Waals surface area contributed by atoms with E-state index in [1.807, 2.05) is 40.4 Å². The van der Waals surface area contributed by atoms with Crippen LogP contribution in [0.4, 0.5) is 0 Å². The topological polar surface area (TPSA) is 63.0 Å². The maximum atomic E-state index is 6.86. The van der Waals surface area contributed by atoms with Crippen LogP contribution in [-0.4, -0.2) is 74.5 Å². The molecule has 0 radical (unpaired) electrons. The van der Waals surface area contributed by atoms with Crippen molar-refractivity contribution in [2.45, 2.75) is 6.54 Å². The smallest absolute Gasteiger partial charge is 0.182 e. The number of likely N-dealkylation sites (N-methyl/N-ethyl adjacent to an activating group) is 1. The first kappa shape index (κ1) is 19.6. The predicted molar refractivity (Wildman–Crippen MR) is 121 cm³/mol. The average Bonchev–Trinajstić information content (AvgIpc) is 3.43. The molecule has 9 heteroatoms. The largest absolute Gasteiger partial charge is 0.304 e. The maximum Gasteiger partial charge on any atom is 0.182 e. The van der Waals surface area contributed by atoms with Gasteiger partial charge in [-0.05, 0) is 7.05 Å². The summed E-state index contributed by atoms with van der Waals surface area (Å²) < 4.78 is 1.94. The fourth-order valence-corrected chi connectivity index (χ4v) is 4.74. The molecule has 7 nitrogen and oxygen atoms in total. The standard InChI is InChI=1S/C21H22ClN7S/c1-27-8-10-28(11-9-27)12-13-29-20-16(18(26-29)15-5-3-2-4-6-15)17(22)19(24-25-20)21-23-7-14-30-21/h2-7,14H,8-13H2,1H3. The lowest BCUT2D eigenvalue weighted by Gasteiger charge is -2.32. The van der Waals surface area contributed by atoms with Gasteiger partial charge >= 0.3 is 0 Å². The Bertz CT molecular complexity index is 1140. The minimum Gasteiger partial charge on any atom is -0.304 e. The van der Waals surface area contributed by atoms with E-state index in [9.17, 15) is 0 Å². The summed E-state index contributed by atoms with van der Waals surface area (Å²) >= 11 is 8.36. The fraction of sp³-hybridized carbons (Fsp3) is 0.333. The third-order valence-electron chi connectivity index (χ3n) is 5.50. The van der Waals surface area contributed by atoms with Crippen molar-refractivity contribution in [3.8, 4) is 22.0 Å². The molecule has 0 aliphatic carbocycles. The number of aromatic nitrogens is 5. The van der Waals surface area contributed by atoms with Crippen LogP contribution in [0.1, 0.15) is 0 Å². The Hall–Kier alpha value is -2.39. The summed E-state index contributed by atoms with van der Waals surface area (Å²) in [4.78, 5) is 9.19. The minimum atomic E-state index is 0.555. The Balaban J connectivity index is 1.55. The molecular formula is C21H22ClN7S. The van der Waals surface area contributed by atoms with Crippen molar-refractivity contribution in [2.24, 2.45) is 0 Å². The summed E-state index contributed by atoms with van der Waals surface area (Å²) in [5.74, 6) is 0. The van der Waals surface area contributed by atoms with E-state index in [0.717, 1.165) is 60.9 Å². The van der Waals surface area contributed by atoms with Crippen LogP contribution in [0.15, 0.2) is 41.9 Å². The first-order chi connectivity index (χ1) is 14.7. The number of thiazole rings is 1. The van der Waals surface area contributed by atoms with Gasteiger partial charge in [0.15, 0.2) is 5.65 Å². The first-order valence-electron chi connectivity index (χ1n) is 9.99. The highest BCUT2D eigenvalue weighted by atomic mass is 35.5. The molecule has 5 rings (SSSR count). The van der Waals surface area contributed by atoms with Gasteiger partial charge in [0.25, 0.3) is 0 Å². The van der Waals surface area contributed by atoms with Crippen molar-refractivity contribution in [3.63, 3.8) is 0 Å². The van der Waals surface area contributed by atoms with E-state index in [1.165, 1.54) is 11.3 Å². The zero-order valence-electron chi connectivity index (χ0n) is 16.7. The lowest BCUT2D eigenvalue weighted by Crippen LogP contribution is -2.45. The van der Waals surface area contributed by atoms with E-state index in [4.69, 9.17) is 16.7 Å². The highest BCUT2D eigenvalue weighted by molar-refractivity contribution is 7.13. The second-order valence-electron chi connectivity index (χ2n) is 7.48. The van der Waals surface area contributed by atoms with Gasteiger partial charge in [-0.2, -0.15) is 5.10 Å². The summed E-state index contributed by atoms with van der Waals surface area (Å²) in [6.07, 6.45) is 1.75. The lowest BCUT2D eigenvalue weighted by molar-refractivity contribution is 0.149. The van der Waals surface area contributed by atoms with Crippen LogP contribution in [0.25, 0.3) is 33.0 Å². The minimum absolute atomic E-state index is 0.555. The number of hydrogen-bond donors (Lipinski definition) is 0. The second kappa shape index (κ2) is 8.39. The van der Waals surface area contributed by atoms with Crippen LogP contribution in [0.5, 0.6) is 0 Å². The van der Waals surface area contributed by atoms with Crippen molar-refractivity contribution < 1.29 is 0 Å². The Labute approximate surface area is 183 Å². The molecule has 1 saturated heterocycles. The SMILES string of the molecule is CN1CCN(CCn2nc(-c3ccccc3)c3c(Cl)c(-c4nccs4)nnc32)CC1. The van der Waals surface area contributed by atoms with Crippen LogP contribution in [0.2, 0.25) is 5.02 Å². The van der Waals surface area contributed by atoms with Gasteiger partial charge in [-0.1, -0.05) is 41.9 Å². The van der Waals surface area contributed by atoms with Gasteiger partial charge in [-0.3, -0.25) is 4.90 Å². The molecule has 0 saturated carbocycles. The zero-order chi connectivity index (χ0) is 20.5. The molecule has 1 aliphatic heterocycles. The molecule has 0 spiro atoms. The predicted octanol–water partition coefficient (Wildman–Crippen LogP) is 3.52. The quantitative estimate of drug-likeness (QED) is 0.474. The van der Waals surface area contributed by atoms with Crippen molar-refractivity contribution in [2.75, 3.05) is 39.8 Å². The van der Waals surface area contributed by atoms with Crippen molar-refractivity contribution in [1.82, 2.24) is 34.8 Å². The number of benzene rings is 1. The summed E-state index contributed by atoms with van der Waals surface area (Å²) in [6.45, 7) is 6.00. The maximum absolute atomic E-state index is 6.86. The van der Waals surface area contributed by atoms with Crippen molar-refractivity contribution in [1.29, 1.82) is 0 Å². The molecule has 1 fully saturated rings. The number of halogens is 1. The fourth-order valence-electron chi connectivity index (χ4n) is 3.76. The van der Waals surface area contributed by atoms with Gasteiger partial charge in [-0.25, -0.2) is 9.67 Å². The van der Waals surface area contributed by atoms with Gasteiger partial charge in [0.05, 0.1) is 17.0 Å². The van der Waals surface area contributed by atoms with Gasteiger partial charge in [0, 0.05) is 49.9 Å². The molecule has 154 valence electrons. The van der Waals surface area contributed by atoms with Crippen LogP contribution in [0, 0.1) is 0 Å². The molecular weight excluding hydrogens is 418 g/mol. The number of piperazine rings is 1. The van der Waals surface area contributed by atoms with Gasteiger partial charge in [-0.15, -0.1) is 21.5 Å². The Morgan fingerprint density at radius 2 is 1.80 bits per heavy atom. The highest BCUT2D eigenvalue weighted by Crippen LogP contribution is 2.37. The van der Waals surface area contributed by atoms with E-state index < -0.39 is 0 Å².